The van der Waals surface area contributed by atoms with E-state index in [0.29, 0.717) is 12.2 Å². The van der Waals surface area contributed by atoms with Crippen molar-refractivity contribution in [1.82, 2.24) is 0 Å². The summed E-state index contributed by atoms with van der Waals surface area (Å²) in [5.41, 5.74) is 3.45. The fraction of sp³-hybridized carbons (Fsp3) is 0.462. The summed E-state index contributed by atoms with van der Waals surface area (Å²) < 4.78 is 0. The van der Waals surface area contributed by atoms with Gasteiger partial charge in [-0.2, -0.15) is 0 Å². The minimum atomic E-state index is 0.340. The topological polar surface area (TPSA) is 20.3 Å². The van der Waals surface area contributed by atoms with Crippen molar-refractivity contribution in [3.8, 4) is 0 Å². The average Bonchev–Trinajstić information content (AvgIpc) is 2.88. The Hall–Kier alpha value is -1.31. The predicted molar refractivity (Wildman–Crippen MR) is 60.5 cm³/mol. The Morgan fingerprint density at radius 3 is 2.67 bits per heavy atom. The van der Waals surface area contributed by atoms with Gasteiger partial charge in [0.1, 0.15) is 0 Å². The molecule has 1 aromatic rings. The van der Waals surface area contributed by atoms with E-state index >= 15 is 0 Å². The molecule has 1 heterocycles. The maximum Gasteiger partial charge on any atom is 0.165 e. The molecule has 0 amide bonds. The van der Waals surface area contributed by atoms with Crippen molar-refractivity contribution in [2.45, 2.75) is 25.7 Å². The standard InChI is InChI=1S/C13H15NO/c15-12-7-6-10-4-3-5-11(13(10)12)14-8-1-2-9-14/h3-5H,1-2,6-9H2. The van der Waals surface area contributed by atoms with Crippen molar-refractivity contribution in [1.29, 1.82) is 0 Å². The molecule has 0 atom stereocenters. The zero-order valence-electron chi connectivity index (χ0n) is 8.83. The molecule has 2 aliphatic rings. The summed E-state index contributed by atoms with van der Waals surface area (Å²) in [7, 11) is 0. The molecule has 3 rings (SSSR count). The van der Waals surface area contributed by atoms with E-state index in [1.54, 1.807) is 0 Å². The molecule has 1 fully saturated rings. The number of rotatable bonds is 1. The van der Waals surface area contributed by atoms with Gasteiger partial charge in [0.2, 0.25) is 0 Å². The third-order valence-electron chi connectivity index (χ3n) is 3.48. The van der Waals surface area contributed by atoms with Gasteiger partial charge in [-0.05, 0) is 30.9 Å². The van der Waals surface area contributed by atoms with E-state index in [4.69, 9.17) is 0 Å². The van der Waals surface area contributed by atoms with Gasteiger partial charge in [0.15, 0.2) is 5.78 Å². The monoisotopic (exact) mass is 201 g/mol. The van der Waals surface area contributed by atoms with E-state index in [9.17, 15) is 4.79 Å². The molecule has 0 radical (unpaired) electrons. The van der Waals surface area contributed by atoms with Crippen molar-refractivity contribution in [3.63, 3.8) is 0 Å². The van der Waals surface area contributed by atoms with Gasteiger partial charge in [-0.25, -0.2) is 0 Å². The largest absolute Gasteiger partial charge is 0.371 e. The van der Waals surface area contributed by atoms with Crippen LogP contribution >= 0.6 is 0 Å². The van der Waals surface area contributed by atoms with Gasteiger partial charge in [-0.1, -0.05) is 12.1 Å². The first-order valence-electron chi connectivity index (χ1n) is 5.76. The summed E-state index contributed by atoms with van der Waals surface area (Å²) in [6.45, 7) is 2.23. The number of ketones is 1. The summed E-state index contributed by atoms with van der Waals surface area (Å²) in [6, 6.07) is 6.29. The van der Waals surface area contributed by atoms with Gasteiger partial charge in [0.05, 0.1) is 0 Å². The lowest BCUT2D eigenvalue weighted by Crippen LogP contribution is -2.20. The molecular formula is C13H15NO. The van der Waals surface area contributed by atoms with Gasteiger partial charge >= 0.3 is 0 Å². The first-order valence-corrected chi connectivity index (χ1v) is 5.76. The van der Waals surface area contributed by atoms with Crippen LogP contribution in [0.25, 0.3) is 0 Å². The average molecular weight is 201 g/mol. The highest BCUT2D eigenvalue weighted by Gasteiger charge is 2.25. The van der Waals surface area contributed by atoms with Crippen molar-refractivity contribution in [3.05, 3.63) is 29.3 Å². The van der Waals surface area contributed by atoms with Crippen LogP contribution in [0.5, 0.6) is 0 Å². The Kier molecular flexibility index (Phi) is 2.01. The van der Waals surface area contributed by atoms with Crippen LogP contribution in [-0.2, 0) is 6.42 Å². The molecule has 0 saturated carbocycles. The molecule has 0 spiro atoms. The molecule has 0 aromatic heterocycles. The lowest BCUT2D eigenvalue weighted by atomic mass is 10.1. The number of nitrogens with zero attached hydrogens (tertiary/aromatic N) is 1. The van der Waals surface area contributed by atoms with Crippen molar-refractivity contribution < 1.29 is 4.79 Å². The molecule has 0 bridgehead atoms. The van der Waals surface area contributed by atoms with E-state index in [0.717, 1.165) is 25.1 Å². The van der Waals surface area contributed by atoms with Gasteiger partial charge in [-0.15, -0.1) is 0 Å². The third-order valence-corrected chi connectivity index (χ3v) is 3.48. The predicted octanol–water partition coefficient (Wildman–Crippen LogP) is 2.42. The van der Waals surface area contributed by atoms with Crippen molar-refractivity contribution in [2.24, 2.45) is 0 Å². The molecule has 1 aliphatic heterocycles. The van der Waals surface area contributed by atoms with E-state index < -0.39 is 0 Å². The highest BCUT2D eigenvalue weighted by atomic mass is 16.1. The molecule has 2 heteroatoms. The van der Waals surface area contributed by atoms with Crippen LogP contribution in [-0.4, -0.2) is 18.9 Å². The molecule has 1 aliphatic carbocycles. The lowest BCUT2D eigenvalue weighted by Gasteiger charge is -2.20. The molecule has 2 nitrogen and oxygen atoms in total. The van der Waals surface area contributed by atoms with Gasteiger partial charge in [0, 0.05) is 30.8 Å². The van der Waals surface area contributed by atoms with Crippen LogP contribution < -0.4 is 4.90 Å². The highest BCUT2D eigenvalue weighted by molar-refractivity contribution is 6.05. The third kappa shape index (κ3) is 1.36. The fourth-order valence-electron chi connectivity index (χ4n) is 2.71. The summed E-state index contributed by atoms with van der Waals surface area (Å²) in [4.78, 5) is 14.2. The first kappa shape index (κ1) is 8.96. The van der Waals surface area contributed by atoms with Crippen LogP contribution in [0.3, 0.4) is 0 Å². The van der Waals surface area contributed by atoms with Gasteiger partial charge in [0.25, 0.3) is 0 Å². The van der Waals surface area contributed by atoms with Gasteiger partial charge in [-0.3, -0.25) is 4.79 Å². The Morgan fingerprint density at radius 2 is 1.87 bits per heavy atom. The minimum Gasteiger partial charge on any atom is -0.371 e. The van der Waals surface area contributed by atoms with Crippen LogP contribution in [0.4, 0.5) is 5.69 Å². The number of benzene rings is 1. The molecular weight excluding hydrogens is 186 g/mol. The summed E-state index contributed by atoms with van der Waals surface area (Å²) >= 11 is 0. The number of fused-ring (bicyclic) bond motifs is 1. The molecule has 0 unspecified atom stereocenters. The Bertz CT molecular complexity index is 405. The number of aryl methyl sites for hydroxylation is 1. The number of hydrogen-bond donors (Lipinski definition) is 0. The van der Waals surface area contributed by atoms with Crippen molar-refractivity contribution >= 4 is 11.5 Å². The SMILES string of the molecule is O=C1CCc2cccc(N3CCCC3)c21. The van der Waals surface area contributed by atoms with E-state index in [1.807, 2.05) is 0 Å². The number of hydrogen-bond acceptors (Lipinski definition) is 2. The minimum absolute atomic E-state index is 0.340. The number of Topliss-reactive ketones (excluding diaryl/α,β-unsaturated/α-hetero) is 1. The summed E-state index contributed by atoms with van der Waals surface area (Å²) in [6.07, 6.45) is 4.17. The van der Waals surface area contributed by atoms with Crippen LogP contribution in [0.15, 0.2) is 18.2 Å². The van der Waals surface area contributed by atoms with Crippen LogP contribution in [0.2, 0.25) is 0 Å². The molecule has 0 N–H and O–H groups in total. The zero-order chi connectivity index (χ0) is 10.3. The maximum atomic E-state index is 11.8. The Labute approximate surface area is 89.9 Å². The normalized spacial score (nSPS) is 19.7. The number of anilines is 1. The molecule has 15 heavy (non-hydrogen) atoms. The summed E-state index contributed by atoms with van der Waals surface area (Å²) in [5.74, 6) is 0.340. The maximum absolute atomic E-state index is 11.8. The van der Waals surface area contributed by atoms with E-state index in [2.05, 4.69) is 23.1 Å². The molecule has 1 aromatic carbocycles. The smallest absolute Gasteiger partial charge is 0.165 e. The molecule has 78 valence electrons. The second-order valence-electron chi connectivity index (χ2n) is 4.43. The van der Waals surface area contributed by atoms with Crippen LogP contribution in [0, 0.1) is 0 Å². The summed E-state index contributed by atoms with van der Waals surface area (Å²) in [5, 5.41) is 0. The fourth-order valence-corrected chi connectivity index (χ4v) is 2.71. The quantitative estimate of drug-likeness (QED) is 0.695. The second kappa shape index (κ2) is 3.37. The Morgan fingerprint density at radius 1 is 1.07 bits per heavy atom. The zero-order valence-corrected chi connectivity index (χ0v) is 8.83. The Balaban J connectivity index is 2.07. The molecule has 1 saturated heterocycles. The van der Waals surface area contributed by atoms with Crippen molar-refractivity contribution in [2.75, 3.05) is 18.0 Å². The van der Waals surface area contributed by atoms with Crippen LogP contribution in [0.1, 0.15) is 35.2 Å². The van der Waals surface area contributed by atoms with E-state index in [1.165, 1.54) is 24.1 Å². The highest BCUT2D eigenvalue weighted by Crippen LogP contribution is 2.32. The lowest BCUT2D eigenvalue weighted by molar-refractivity contribution is 0.0995. The second-order valence-corrected chi connectivity index (χ2v) is 4.43. The number of carbonyl (C=O) groups is 1. The van der Waals surface area contributed by atoms with Gasteiger partial charge < -0.3 is 4.90 Å². The number of carbonyl (C=O) groups excluding carboxylic acids is 1. The van der Waals surface area contributed by atoms with E-state index in [-0.39, 0.29) is 0 Å². The first-order chi connectivity index (χ1) is 7.36.